The van der Waals surface area contributed by atoms with Crippen LogP contribution in [0.25, 0.3) is 0 Å². The molecule has 2 aromatic rings. The summed E-state index contributed by atoms with van der Waals surface area (Å²) >= 11 is 0. The molecule has 26 heavy (non-hydrogen) atoms. The first-order valence-electron chi connectivity index (χ1n) is 9.17. The Morgan fingerprint density at radius 3 is 2.54 bits per heavy atom. The highest BCUT2D eigenvalue weighted by molar-refractivity contribution is 5.88. The molecule has 0 bridgehead atoms. The first kappa shape index (κ1) is 18.4. The van der Waals surface area contributed by atoms with Crippen LogP contribution in [0.5, 0.6) is 5.75 Å². The molecule has 0 radical (unpaired) electrons. The van der Waals surface area contributed by atoms with Crippen LogP contribution in [0.2, 0.25) is 0 Å². The second-order valence-electron chi connectivity index (χ2n) is 6.85. The van der Waals surface area contributed by atoms with Crippen molar-refractivity contribution < 1.29 is 14.6 Å². The van der Waals surface area contributed by atoms with Crippen LogP contribution in [-0.4, -0.2) is 29.7 Å². The van der Waals surface area contributed by atoms with E-state index in [2.05, 4.69) is 10.3 Å². The number of hydrogen-bond donors (Lipinski definition) is 2. The zero-order valence-corrected chi connectivity index (χ0v) is 15.1. The Balaban J connectivity index is 1.75. The van der Waals surface area contributed by atoms with Crippen LogP contribution in [-0.2, 0) is 10.2 Å². The first-order chi connectivity index (χ1) is 12.7. The van der Waals surface area contributed by atoms with E-state index in [1.807, 2.05) is 30.3 Å². The Bertz CT molecular complexity index is 710. The molecular weight excluding hydrogens is 328 g/mol. The Morgan fingerprint density at radius 2 is 1.92 bits per heavy atom. The summed E-state index contributed by atoms with van der Waals surface area (Å²) in [6.45, 7) is 0.160. The van der Waals surface area contributed by atoms with E-state index in [-0.39, 0.29) is 12.5 Å². The number of amides is 1. The first-order valence-corrected chi connectivity index (χ1v) is 9.17. The summed E-state index contributed by atoms with van der Waals surface area (Å²) in [7, 11) is 1.64. The number of rotatable bonds is 6. The molecule has 0 unspecified atom stereocenters. The third kappa shape index (κ3) is 3.88. The predicted molar refractivity (Wildman–Crippen MR) is 100.0 cm³/mol. The van der Waals surface area contributed by atoms with Crippen LogP contribution in [0.1, 0.15) is 49.5 Å². The average Bonchev–Trinajstić information content (AvgIpc) is 2.73. The van der Waals surface area contributed by atoms with Gasteiger partial charge in [0.2, 0.25) is 5.91 Å². The Kier molecular flexibility index (Phi) is 5.89. The number of carbonyl (C=O) groups is 1. The van der Waals surface area contributed by atoms with Gasteiger partial charge in [0.05, 0.1) is 18.2 Å². The Morgan fingerprint density at radius 1 is 1.19 bits per heavy atom. The molecule has 1 aromatic heterocycles. The summed E-state index contributed by atoms with van der Waals surface area (Å²) < 4.78 is 5.24. The molecule has 1 fully saturated rings. The van der Waals surface area contributed by atoms with E-state index in [1.165, 1.54) is 0 Å². The topological polar surface area (TPSA) is 71.5 Å². The fraction of sp³-hybridized carbons (Fsp3) is 0.429. The molecule has 0 saturated heterocycles. The number of benzene rings is 1. The maximum Gasteiger partial charge on any atom is 0.230 e. The summed E-state index contributed by atoms with van der Waals surface area (Å²) in [6.07, 6.45) is 5.69. The van der Waals surface area contributed by atoms with Crippen molar-refractivity contribution in [2.75, 3.05) is 13.7 Å². The third-order valence-electron chi connectivity index (χ3n) is 5.27. The molecule has 1 heterocycles. The van der Waals surface area contributed by atoms with E-state index in [1.54, 1.807) is 25.4 Å². The van der Waals surface area contributed by atoms with Gasteiger partial charge in [-0.1, -0.05) is 37.5 Å². The van der Waals surface area contributed by atoms with Crippen LogP contribution < -0.4 is 10.1 Å². The molecule has 1 atom stereocenters. The number of ether oxygens (including phenoxy) is 1. The van der Waals surface area contributed by atoms with Crippen LogP contribution in [0.4, 0.5) is 0 Å². The minimum Gasteiger partial charge on any atom is -0.497 e. The lowest BCUT2D eigenvalue weighted by atomic mass is 9.68. The van der Waals surface area contributed by atoms with Crippen LogP contribution in [0.3, 0.4) is 0 Å². The largest absolute Gasteiger partial charge is 0.497 e. The molecule has 1 aliphatic carbocycles. The van der Waals surface area contributed by atoms with Crippen molar-refractivity contribution in [2.24, 2.45) is 0 Å². The summed E-state index contributed by atoms with van der Waals surface area (Å²) in [5.41, 5.74) is 1.05. The number of aliphatic hydroxyl groups excluding tert-OH is 1. The van der Waals surface area contributed by atoms with E-state index < -0.39 is 11.5 Å². The monoisotopic (exact) mass is 354 g/mol. The quantitative estimate of drug-likeness (QED) is 0.836. The number of pyridine rings is 1. The van der Waals surface area contributed by atoms with Gasteiger partial charge in [-0.05, 0) is 42.7 Å². The summed E-state index contributed by atoms with van der Waals surface area (Å²) in [6, 6.07) is 13.2. The molecule has 1 saturated carbocycles. The lowest BCUT2D eigenvalue weighted by molar-refractivity contribution is -0.128. The number of nitrogens with one attached hydrogen (secondary N) is 1. The van der Waals surface area contributed by atoms with Crippen molar-refractivity contribution >= 4 is 5.91 Å². The zero-order chi connectivity index (χ0) is 18.4. The highest BCUT2D eigenvalue weighted by Crippen LogP contribution is 2.40. The number of methoxy groups -OCH3 is 1. The lowest BCUT2D eigenvalue weighted by Crippen LogP contribution is -2.46. The number of carbonyl (C=O) groups excluding carboxylic acids is 1. The molecule has 5 nitrogen and oxygen atoms in total. The summed E-state index contributed by atoms with van der Waals surface area (Å²) in [4.78, 5) is 17.3. The molecule has 138 valence electrons. The van der Waals surface area contributed by atoms with E-state index >= 15 is 0 Å². The number of hydrogen-bond acceptors (Lipinski definition) is 4. The van der Waals surface area contributed by atoms with Gasteiger partial charge < -0.3 is 15.2 Å². The third-order valence-corrected chi connectivity index (χ3v) is 5.27. The van der Waals surface area contributed by atoms with E-state index in [0.717, 1.165) is 43.4 Å². The van der Waals surface area contributed by atoms with Crippen LogP contribution >= 0.6 is 0 Å². The smallest absolute Gasteiger partial charge is 0.230 e. The van der Waals surface area contributed by atoms with Gasteiger partial charge in [-0.2, -0.15) is 0 Å². The van der Waals surface area contributed by atoms with Crippen molar-refractivity contribution in [1.29, 1.82) is 0 Å². The van der Waals surface area contributed by atoms with Crippen LogP contribution in [0, 0.1) is 0 Å². The van der Waals surface area contributed by atoms with Crippen molar-refractivity contribution in [3.63, 3.8) is 0 Å². The van der Waals surface area contributed by atoms with Crippen molar-refractivity contribution in [3.8, 4) is 5.75 Å². The summed E-state index contributed by atoms with van der Waals surface area (Å²) in [5, 5.41) is 13.3. The highest BCUT2D eigenvalue weighted by Gasteiger charge is 2.41. The predicted octanol–water partition coefficient (Wildman–Crippen LogP) is 3.14. The zero-order valence-electron chi connectivity index (χ0n) is 15.1. The maximum absolute atomic E-state index is 13.1. The van der Waals surface area contributed by atoms with Gasteiger partial charge in [0.15, 0.2) is 0 Å². The molecular formula is C21H26N2O3. The molecule has 1 amide bonds. The SMILES string of the molecule is COc1ccc(C2(C(=O)NC[C@@H](O)c3ccccn3)CCCCC2)cc1. The minimum atomic E-state index is -0.809. The normalized spacial score (nSPS) is 17.3. The van der Waals surface area contributed by atoms with E-state index in [0.29, 0.717) is 5.69 Å². The van der Waals surface area contributed by atoms with Gasteiger partial charge in [0.1, 0.15) is 11.9 Å². The number of nitrogens with zero attached hydrogens (tertiary/aromatic N) is 1. The van der Waals surface area contributed by atoms with Crippen molar-refractivity contribution in [3.05, 3.63) is 59.9 Å². The summed E-state index contributed by atoms with van der Waals surface area (Å²) in [5.74, 6) is 0.767. The van der Waals surface area contributed by atoms with Gasteiger partial charge in [-0.25, -0.2) is 0 Å². The Labute approximate surface area is 154 Å². The van der Waals surface area contributed by atoms with Gasteiger partial charge >= 0.3 is 0 Å². The van der Waals surface area contributed by atoms with Gasteiger partial charge in [-0.3, -0.25) is 9.78 Å². The molecule has 0 aliphatic heterocycles. The number of aromatic nitrogens is 1. The highest BCUT2D eigenvalue weighted by atomic mass is 16.5. The van der Waals surface area contributed by atoms with Gasteiger partial charge in [-0.15, -0.1) is 0 Å². The van der Waals surface area contributed by atoms with Crippen molar-refractivity contribution in [1.82, 2.24) is 10.3 Å². The second-order valence-corrected chi connectivity index (χ2v) is 6.85. The van der Waals surface area contributed by atoms with Crippen LogP contribution in [0.15, 0.2) is 48.7 Å². The fourth-order valence-corrected chi connectivity index (χ4v) is 3.75. The molecule has 3 rings (SSSR count). The average molecular weight is 354 g/mol. The molecule has 1 aliphatic rings. The Hall–Kier alpha value is -2.40. The second kappa shape index (κ2) is 8.32. The molecule has 1 aromatic carbocycles. The van der Waals surface area contributed by atoms with Gasteiger partial charge in [0.25, 0.3) is 0 Å². The molecule has 2 N–H and O–H groups in total. The lowest BCUT2D eigenvalue weighted by Gasteiger charge is -2.36. The minimum absolute atomic E-state index is 0.0163. The van der Waals surface area contributed by atoms with Crippen molar-refractivity contribution in [2.45, 2.75) is 43.6 Å². The molecule has 5 heteroatoms. The van der Waals surface area contributed by atoms with E-state index in [4.69, 9.17) is 4.74 Å². The maximum atomic E-state index is 13.1. The van der Waals surface area contributed by atoms with Gasteiger partial charge in [0, 0.05) is 12.7 Å². The fourth-order valence-electron chi connectivity index (χ4n) is 3.75. The standard InChI is InChI=1S/C21H26N2O3/c1-26-17-10-8-16(9-11-17)21(12-4-2-5-13-21)20(25)23-15-19(24)18-7-3-6-14-22-18/h3,6-11,14,19,24H,2,4-5,12-13,15H2,1H3,(H,23,25)/t19-/m1/s1. The molecule has 0 spiro atoms. The van der Waals surface area contributed by atoms with E-state index in [9.17, 15) is 9.90 Å². The number of aliphatic hydroxyl groups is 1.